The summed E-state index contributed by atoms with van der Waals surface area (Å²) in [5.41, 5.74) is 4.88. The lowest BCUT2D eigenvalue weighted by molar-refractivity contribution is -0.162. The number of hydrogen-bond acceptors (Lipinski definition) is 2. The van der Waals surface area contributed by atoms with Crippen LogP contribution in [0.1, 0.15) is 0 Å². The molecule has 3 N–H and O–H groups in total. The van der Waals surface area contributed by atoms with E-state index in [1.54, 1.807) is 0 Å². The van der Waals surface area contributed by atoms with Gasteiger partial charge in [0.25, 0.3) is 0 Å². The molecule has 18 heavy (non-hydrogen) atoms. The summed E-state index contributed by atoms with van der Waals surface area (Å²) in [5.74, 6) is -3.12. The van der Waals surface area contributed by atoms with Gasteiger partial charge in [-0.3, -0.25) is 5.41 Å². The summed E-state index contributed by atoms with van der Waals surface area (Å²) < 4.78 is 42.4. The van der Waals surface area contributed by atoms with E-state index < -0.39 is 24.5 Å². The number of nitrogens with two attached hydrogens (primary N) is 1. The molecule has 0 fully saturated rings. The van der Waals surface area contributed by atoms with Crippen LogP contribution in [0.5, 0.6) is 5.75 Å². The summed E-state index contributed by atoms with van der Waals surface area (Å²) in [5, 5.41) is 7.31. The Hall–Kier alpha value is -1.14. The van der Waals surface area contributed by atoms with E-state index in [4.69, 9.17) is 39.1 Å². The minimum Gasteiger partial charge on any atom is -0.491 e. The van der Waals surface area contributed by atoms with E-state index in [1.165, 1.54) is 18.2 Å². The third kappa shape index (κ3) is 3.96. The first kappa shape index (κ1) is 14.9. The molecule has 1 aromatic rings. The number of ether oxygens (including phenoxy) is 1. The van der Waals surface area contributed by atoms with E-state index in [0.29, 0.717) is 5.02 Å². The number of nitrogens with one attached hydrogen (secondary N) is 1. The molecule has 100 valence electrons. The Bertz CT molecular complexity index is 451. The first-order valence-corrected chi connectivity index (χ1v) is 5.46. The van der Waals surface area contributed by atoms with Gasteiger partial charge in [-0.2, -0.15) is 13.2 Å². The van der Waals surface area contributed by atoms with Crippen LogP contribution >= 0.6 is 23.2 Å². The number of alkyl halides is 3. The third-order valence-corrected chi connectivity index (χ3v) is 2.60. The fourth-order valence-electron chi connectivity index (χ4n) is 1.13. The number of hydrogen-bond donors (Lipinski definition) is 2. The monoisotopic (exact) mass is 300 g/mol. The Kier molecular flexibility index (Phi) is 4.70. The molecule has 1 rings (SSSR count). The summed E-state index contributed by atoms with van der Waals surface area (Å²) in [6.45, 7) is -0.805. The maximum atomic E-state index is 12.5. The first-order valence-electron chi connectivity index (χ1n) is 4.70. The highest BCUT2D eigenvalue weighted by atomic mass is 35.5. The van der Waals surface area contributed by atoms with Crippen molar-refractivity contribution in [2.45, 2.75) is 6.18 Å². The average molecular weight is 301 g/mol. The van der Waals surface area contributed by atoms with Gasteiger partial charge in [0.05, 0.1) is 5.02 Å². The molecular weight excluding hydrogens is 292 g/mol. The molecule has 0 saturated heterocycles. The molecule has 8 heteroatoms. The Morgan fingerprint density at radius 3 is 2.44 bits per heavy atom. The van der Waals surface area contributed by atoms with E-state index in [-0.39, 0.29) is 10.8 Å². The standard InChI is InChI=1S/C10H9Cl2F3N2O/c11-5-1-2-8(7(12)3-5)18-4-6(9(16)17)10(13,14)15/h1-3,6H,4H2,(H3,16,17). The van der Waals surface area contributed by atoms with Gasteiger partial charge in [0.2, 0.25) is 0 Å². The zero-order chi connectivity index (χ0) is 13.9. The molecule has 0 saturated carbocycles. The van der Waals surface area contributed by atoms with Gasteiger partial charge in [-0.05, 0) is 18.2 Å². The predicted molar refractivity (Wildman–Crippen MR) is 63.4 cm³/mol. The lowest BCUT2D eigenvalue weighted by atomic mass is 10.1. The van der Waals surface area contributed by atoms with Crippen LogP contribution in [0, 0.1) is 11.3 Å². The Labute approximate surface area is 111 Å². The Morgan fingerprint density at radius 2 is 2.00 bits per heavy atom. The second kappa shape index (κ2) is 5.67. The molecule has 0 amide bonds. The van der Waals surface area contributed by atoms with E-state index in [1.807, 2.05) is 0 Å². The van der Waals surface area contributed by atoms with Gasteiger partial charge >= 0.3 is 6.18 Å². The van der Waals surface area contributed by atoms with Crippen molar-refractivity contribution in [3.05, 3.63) is 28.2 Å². The fourth-order valence-corrected chi connectivity index (χ4v) is 1.59. The SMILES string of the molecule is N=C(N)C(COc1ccc(Cl)cc1Cl)C(F)(F)F. The molecule has 0 spiro atoms. The van der Waals surface area contributed by atoms with Crippen LogP contribution in [0.3, 0.4) is 0 Å². The quantitative estimate of drug-likeness (QED) is 0.660. The predicted octanol–water partition coefficient (Wildman–Crippen LogP) is 3.49. The van der Waals surface area contributed by atoms with Crippen molar-refractivity contribution >= 4 is 29.0 Å². The van der Waals surface area contributed by atoms with Crippen molar-refractivity contribution in [3.8, 4) is 5.75 Å². The van der Waals surface area contributed by atoms with E-state index in [9.17, 15) is 13.2 Å². The summed E-state index contributed by atoms with van der Waals surface area (Å²) >= 11 is 11.4. The lowest BCUT2D eigenvalue weighted by Crippen LogP contribution is -2.39. The molecule has 3 nitrogen and oxygen atoms in total. The van der Waals surface area contributed by atoms with E-state index in [0.717, 1.165) is 0 Å². The van der Waals surface area contributed by atoms with Crippen LogP contribution in [-0.2, 0) is 0 Å². The minimum absolute atomic E-state index is 0.0524. The number of benzene rings is 1. The lowest BCUT2D eigenvalue weighted by Gasteiger charge is -2.19. The van der Waals surface area contributed by atoms with Gasteiger partial charge in [0, 0.05) is 5.02 Å². The van der Waals surface area contributed by atoms with Gasteiger partial charge in [-0.15, -0.1) is 0 Å². The Balaban J connectivity index is 2.77. The summed E-state index contributed by atoms with van der Waals surface area (Å²) in [6.07, 6.45) is -4.63. The maximum absolute atomic E-state index is 12.5. The first-order chi connectivity index (χ1) is 8.21. The van der Waals surface area contributed by atoms with Gasteiger partial charge < -0.3 is 10.5 Å². The van der Waals surface area contributed by atoms with Crippen molar-refractivity contribution in [2.75, 3.05) is 6.61 Å². The largest absolute Gasteiger partial charge is 0.491 e. The molecule has 0 aromatic heterocycles. The second-order valence-electron chi connectivity index (χ2n) is 3.44. The summed E-state index contributed by atoms with van der Waals surface area (Å²) in [7, 11) is 0. The molecule has 0 aliphatic rings. The maximum Gasteiger partial charge on any atom is 0.401 e. The highest BCUT2D eigenvalue weighted by molar-refractivity contribution is 6.35. The van der Waals surface area contributed by atoms with Gasteiger partial charge in [-0.25, -0.2) is 0 Å². The average Bonchev–Trinajstić information content (AvgIpc) is 2.18. The summed E-state index contributed by atoms with van der Waals surface area (Å²) in [4.78, 5) is 0. The highest BCUT2D eigenvalue weighted by Gasteiger charge is 2.42. The van der Waals surface area contributed by atoms with Crippen LogP contribution in [-0.4, -0.2) is 18.6 Å². The van der Waals surface area contributed by atoms with Crippen molar-refractivity contribution in [2.24, 2.45) is 11.7 Å². The molecule has 0 bridgehead atoms. The molecule has 0 radical (unpaired) electrons. The second-order valence-corrected chi connectivity index (χ2v) is 4.28. The van der Waals surface area contributed by atoms with E-state index in [2.05, 4.69) is 0 Å². The Morgan fingerprint density at radius 1 is 1.39 bits per heavy atom. The fraction of sp³-hybridized carbons (Fsp3) is 0.300. The van der Waals surface area contributed by atoms with Crippen molar-refractivity contribution in [3.63, 3.8) is 0 Å². The molecule has 0 heterocycles. The van der Waals surface area contributed by atoms with Crippen molar-refractivity contribution in [1.29, 1.82) is 5.41 Å². The zero-order valence-electron chi connectivity index (χ0n) is 8.89. The zero-order valence-corrected chi connectivity index (χ0v) is 10.4. The number of amidine groups is 1. The number of halogens is 5. The third-order valence-electron chi connectivity index (χ3n) is 2.07. The molecule has 0 aliphatic heterocycles. The minimum atomic E-state index is -4.63. The molecule has 1 atom stereocenters. The van der Waals surface area contributed by atoms with Crippen molar-refractivity contribution in [1.82, 2.24) is 0 Å². The molecule has 0 aliphatic carbocycles. The van der Waals surface area contributed by atoms with Gasteiger partial charge in [-0.1, -0.05) is 23.2 Å². The molecular formula is C10H9Cl2F3N2O. The van der Waals surface area contributed by atoms with Crippen LogP contribution in [0.15, 0.2) is 18.2 Å². The van der Waals surface area contributed by atoms with Gasteiger partial charge in [0.15, 0.2) is 0 Å². The van der Waals surface area contributed by atoms with Crippen LogP contribution in [0.4, 0.5) is 13.2 Å². The normalized spacial score (nSPS) is 13.2. The van der Waals surface area contributed by atoms with E-state index >= 15 is 0 Å². The van der Waals surface area contributed by atoms with Crippen LogP contribution < -0.4 is 10.5 Å². The smallest absolute Gasteiger partial charge is 0.401 e. The topological polar surface area (TPSA) is 59.1 Å². The van der Waals surface area contributed by atoms with Crippen molar-refractivity contribution < 1.29 is 17.9 Å². The number of rotatable bonds is 4. The van der Waals surface area contributed by atoms with Gasteiger partial charge in [0.1, 0.15) is 24.1 Å². The van der Waals surface area contributed by atoms with Crippen LogP contribution in [0.2, 0.25) is 10.0 Å². The highest BCUT2D eigenvalue weighted by Crippen LogP contribution is 2.30. The summed E-state index contributed by atoms with van der Waals surface area (Å²) in [6, 6.07) is 4.12. The van der Waals surface area contributed by atoms with Crippen LogP contribution in [0.25, 0.3) is 0 Å². The molecule has 1 aromatic carbocycles. The molecule has 1 unspecified atom stereocenters.